The standard InChI is InChI=1S/2C20H22F2N10O8P2S3.C19H21F2N11O8P2S3/c2*21-9-8-4-37-42(35,44)39-13-7(38-18(10(13)22)31-5-26-11-6(23)1-2-25-15(11)31)3-36-41(34,43)40-14(9)19(45-8)32-16-12(29-30-32)17(33)28-20(24)27-16;20-8-7-4-37-42(35,44)39-12-6(38-17(9(12)21)31-14-10(27-29-31)5(22)1-2-24-14)3-36-41(34,43)40-13(8)18(45-7)32-15-11(28-30-32)16(33)26-19(23)25-15/h2*1-2,5,7-10,13-14,18-19H,3-4H2,(H2,23,25)(H,34,43)(H,35,44)(H3,24,27,28,33);1-2,6-9,12-13,17-18H,3-4H2,(H2,22,24)(H,34,43)(H,35,44)(H3,23,25,26,33)/t2*7-,8-,9-,10+,13-,14-,18-,19-,41?,42?;6-,7-,8-,9+,12-,13-,17-,18-,41?,42?/m111/s1. The van der Waals surface area contributed by atoms with E-state index < -0.39 is 239 Å². The summed E-state index contributed by atoms with van der Waals surface area (Å²) >= 11 is 32.5. The molecule has 6 bridgehead atoms. The number of nitrogens with zero attached hydrogens (tertiary/aromatic N) is 22. The highest BCUT2D eigenvalue weighted by atomic mass is 32.7. The number of nitrogen functional groups attached to an aromatic ring is 6. The lowest BCUT2D eigenvalue weighted by atomic mass is 10.1. The van der Waals surface area contributed by atoms with Crippen molar-refractivity contribution in [3.05, 3.63) is 80.5 Å². The number of rotatable bonds is 6. The third kappa shape index (κ3) is 19.1. The van der Waals surface area contributed by atoms with Crippen molar-refractivity contribution in [2.75, 3.05) is 74.0 Å². The number of aromatic amines is 3. The van der Waals surface area contributed by atoms with Gasteiger partial charge >= 0.3 is 40.4 Å². The first kappa shape index (κ1) is 96.9. The van der Waals surface area contributed by atoms with Gasteiger partial charge in [-0.3, -0.25) is 70.1 Å². The molecule has 9 aliphatic rings. The molecule has 12 aromatic rings. The molecule has 30 atom stereocenters. The second kappa shape index (κ2) is 37.2. The summed E-state index contributed by atoms with van der Waals surface area (Å²) in [7, 11) is 0. The highest BCUT2D eigenvalue weighted by Gasteiger charge is 2.59. The van der Waals surface area contributed by atoms with Crippen LogP contribution in [0.3, 0.4) is 0 Å². The average Bonchev–Trinajstić information content (AvgIpc) is 1.63. The van der Waals surface area contributed by atoms with Crippen molar-refractivity contribution < 1.29 is 124 Å². The summed E-state index contributed by atoms with van der Waals surface area (Å²) in [6.45, 7) is -29.4. The summed E-state index contributed by atoms with van der Waals surface area (Å²) in [4.78, 5) is 132. The van der Waals surface area contributed by atoms with Gasteiger partial charge in [-0.05, 0) is 77.2 Å². The predicted molar refractivity (Wildman–Crippen MR) is 481 cm³/mol. The minimum Gasteiger partial charge on any atom is -0.397 e. The molecule has 0 spiro atoms. The van der Waals surface area contributed by atoms with Gasteiger partial charge in [-0.25, -0.2) is 69.9 Å². The third-order valence-electron chi connectivity index (χ3n) is 21.5. The van der Waals surface area contributed by atoms with Crippen molar-refractivity contribution in [1.29, 1.82) is 0 Å². The van der Waals surface area contributed by atoms with Gasteiger partial charge in [0, 0.05) is 18.6 Å². The zero-order valence-corrected chi connectivity index (χ0v) is 79.5. The van der Waals surface area contributed by atoms with Crippen LogP contribution >= 0.6 is 87.9 Å². The van der Waals surface area contributed by atoms with E-state index in [1.165, 1.54) is 58.6 Å². The summed E-state index contributed by atoms with van der Waals surface area (Å²) in [5.74, 6) is -0.752. The zero-order valence-electron chi connectivity index (χ0n) is 66.7. The van der Waals surface area contributed by atoms with Crippen LogP contribution in [0.25, 0.3) is 67.0 Å². The molecule has 0 amide bonds. The lowest BCUT2D eigenvalue weighted by Crippen LogP contribution is -2.34. The molecule has 20 N–H and O–H groups in total. The maximum absolute atomic E-state index is 16.0. The van der Waals surface area contributed by atoms with Gasteiger partial charge in [0.2, 0.25) is 17.8 Å². The Balaban J connectivity index is 0.000000130. The molecule has 21 heterocycles. The fraction of sp³-hybridized carbons (Fsp3) is 0.508. The minimum absolute atomic E-state index is 0.0887. The molecule has 0 aliphatic carbocycles. The van der Waals surface area contributed by atoms with Crippen LogP contribution in [-0.4, -0.2) is 296 Å². The van der Waals surface area contributed by atoms with Crippen molar-refractivity contribution in [1.82, 2.24) is 124 Å². The Labute approximate surface area is 788 Å². The molecule has 9 saturated heterocycles. The largest absolute Gasteiger partial charge is 0.397 e. The molecule has 12 aromatic heterocycles. The number of fused-ring (bicyclic) bond motifs is 15. The number of imidazole rings is 2. The molecule has 21 rings (SSSR count). The highest BCUT2D eigenvalue weighted by molar-refractivity contribution is 8.44. The average molecular weight is 2180 g/mol. The number of hydrogen-bond acceptors (Lipinski definition) is 49. The molecule has 726 valence electrons. The van der Waals surface area contributed by atoms with Crippen LogP contribution < -0.4 is 51.1 Å². The van der Waals surface area contributed by atoms with Crippen LogP contribution in [-0.2, 0) is 132 Å². The molecular formula is C59H65F6N31O24P6S9. The van der Waals surface area contributed by atoms with Gasteiger partial charge in [0.1, 0.15) is 101 Å². The van der Waals surface area contributed by atoms with Crippen LogP contribution in [0.1, 0.15) is 34.8 Å². The van der Waals surface area contributed by atoms with Crippen molar-refractivity contribution >= 4 is 249 Å². The molecule has 6 unspecified atom stereocenters. The first-order chi connectivity index (χ1) is 63.9. The Morgan fingerprint density at radius 1 is 0.378 bits per heavy atom. The number of hydrogen-bond donors (Lipinski definition) is 15. The summed E-state index contributed by atoms with van der Waals surface area (Å²) in [5, 5.41) is 24.2. The lowest BCUT2D eigenvalue weighted by Gasteiger charge is -2.27. The predicted octanol–water partition coefficient (Wildman–Crippen LogP) is 1.90. The van der Waals surface area contributed by atoms with Gasteiger partial charge in [0.05, 0.1) is 85.1 Å². The normalized spacial score (nSPS) is 37.7. The summed E-state index contributed by atoms with van der Waals surface area (Å²) < 4.78 is 200. The molecule has 0 saturated carbocycles. The number of ether oxygens (including phenoxy) is 3. The van der Waals surface area contributed by atoms with Gasteiger partial charge < -0.3 is 95.7 Å². The quantitative estimate of drug-likeness (QED) is 0.0642. The first-order valence-corrected chi connectivity index (χ1v) is 57.1. The van der Waals surface area contributed by atoms with E-state index in [1.54, 1.807) is 0 Å². The Kier molecular flexibility index (Phi) is 26.7. The highest BCUT2D eigenvalue weighted by Crippen LogP contribution is 2.63. The number of pyridine rings is 3. The van der Waals surface area contributed by atoms with Gasteiger partial charge in [-0.15, -0.1) is 55.7 Å². The van der Waals surface area contributed by atoms with Crippen LogP contribution in [0, 0.1) is 0 Å². The second-order valence-electron chi connectivity index (χ2n) is 30.1. The molecule has 0 aromatic carbocycles. The minimum atomic E-state index is -4.41. The zero-order chi connectivity index (χ0) is 95.5. The van der Waals surface area contributed by atoms with Crippen molar-refractivity contribution in [2.45, 2.75) is 143 Å². The lowest BCUT2D eigenvalue weighted by molar-refractivity contribution is -0.0490. The number of H-pyrrole nitrogens is 3. The van der Waals surface area contributed by atoms with Crippen LogP contribution in [0.5, 0.6) is 0 Å². The maximum atomic E-state index is 16.0. The van der Waals surface area contributed by atoms with Crippen molar-refractivity contribution in [2.24, 2.45) is 0 Å². The fourth-order valence-corrected chi connectivity index (χ4v) is 28.9. The fourth-order valence-electron chi connectivity index (χ4n) is 15.4. The Morgan fingerprint density at radius 2 is 0.674 bits per heavy atom. The number of alkyl halides is 6. The molecule has 76 heteroatoms. The maximum Gasteiger partial charge on any atom is 0.386 e. The Hall–Kier alpha value is -6.91. The number of nitrogens with one attached hydrogen (secondary N) is 3. The summed E-state index contributed by atoms with van der Waals surface area (Å²) in [5.41, 5.74) is 34.1. The second-order valence-corrected chi connectivity index (χ2v) is 51.0. The number of halogens is 6. The SMILES string of the molecule is Nc1nc2c(nnn2[C@@H]2S[C@@H]3COP(=O)(S)O[C@H]4[C@H](F)[C@H](n5nnc6c(N)ccnc65)O[C@@H]4COP(O)(=S)O[C@@H]2[C@@H]3F)c(=O)[nH]1.Nc1nc2c(nnn2[C@@H]2S[C@@H]3COP(O)(=S)O[C@H]4[C@H](F)[C@H](n5cnc6c(N)ccnc65)O[C@@H]4COP(O)(=S)O[C@@H]2[C@@H]3F)c(=O)[nH]1.Nc1nc2c(nnn2[C@@H]2S[C@@H]3COP(O)(=S)O[C@H]4[C@H](F)[C@H](n5cnc6c(N)ccnc65)O[C@@H]4COP(O)(=S)O[C@@H]2[C@@H]3F)c(=O)[nH]1. The third-order valence-corrected chi connectivity index (χ3v) is 35.4. The topological polar surface area (TPSA) is 747 Å². The van der Waals surface area contributed by atoms with Crippen LogP contribution in [0.2, 0.25) is 0 Å². The number of anilines is 6. The number of aromatic nitrogens is 25. The van der Waals surface area contributed by atoms with Gasteiger partial charge in [-0.1, -0.05) is 33.1 Å². The first-order valence-electron chi connectivity index (χ1n) is 38.6. The van der Waals surface area contributed by atoms with E-state index in [0.29, 0.717) is 22.4 Å². The van der Waals surface area contributed by atoms with E-state index in [0.717, 1.165) is 54.0 Å². The van der Waals surface area contributed by atoms with Crippen LogP contribution in [0.4, 0.5) is 61.2 Å². The monoisotopic (exact) mass is 2180 g/mol. The summed E-state index contributed by atoms with van der Waals surface area (Å²) in [6.07, 6.45) is -23.0. The number of thiol groups is 1. The van der Waals surface area contributed by atoms with E-state index in [-0.39, 0.29) is 79.5 Å². The van der Waals surface area contributed by atoms with Crippen LogP contribution in [0.15, 0.2) is 63.8 Å². The smallest absolute Gasteiger partial charge is 0.386 e. The van der Waals surface area contributed by atoms with Gasteiger partial charge in [0.15, 0.2) is 93.1 Å². The van der Waals surface area contributed by atoms with E-state index in [9.17, 15) is 43.4 Å². The molecular weight excluding hydrogens is 2120 g/mol. The molecule has 55 nitrogen and oxygen atoms in total. The van der Waals surface area contributed by atoms with Gasteiger partial charge in [-0.2, -0.15) is 19.6 Å². The van der Waals surface area contributed by atoms with Crippen molar-refractivity contribution in [3.8, 4) is 0 Å². The Morgan fingerprint density at radius 3 is 1.04 bits per heavy atom. The molecule has 0 radical (unpaired) electrons. The number of thioether (sulfide) groups is 3. The molecule has 9 aliphatic heterocycles. The van der Waals surface area contributed by atoms with E-state index in [1.807, 2.05) is 0 Å². The number of nitrogens with two attached hydrogens (primary N) is 6. The summed E-state index contributed by atoms with van der Waals surface area (Å²) in [6, 6.07) is 4.53. The van der Waals surface area contributed by atoms with E-state index >= 15 is 26.3 Å². The Bertz CT molecular complexity index is 6510. The molecule has 9 fully saturated rings. The van der Waals surface area contributed by atoms with E-state index in [4.69, 9.17) is 162 Å². The molecule has 135 heavy (non-hydrogen) atoms. The van der Waals surface area contributed by atoms with Gasteiger partial charge in [0.25, 0.3) is 16.7 Å². The van der Waals surface area contributed by atoms with Crippen molar-refractivity contribution in [3.63, 3.8) is 0 Å². The van der Waals surface area contributed by atoms with E-state index in [2.05, 4.69) is 108 Å².